The molecular formula is C21H20Cl2FN7O2. The van der Waals surface area contributed by atoms with Gasteiger partial charge in [0.25, 0.3) is 0 Å². The van der Waals surface area contributed by atoms with Crippen LogP contribution in [0.4, 0.5) is 15.1 Å². The Hall–Kier alpha value is -3.11. The maximum absolute atomic E-state index is 13.2. The number of carbonyl (C=O) groups excluding carboxylic acids is 1. The first-order chi connectivity index (χ1) is 15.9. The molecule has 0 radical (unpaired) electrons. The predicted octanol–water partition coefficient (Wildman–Crippen LogP) is 3.63. The molecule has 33 heavy (non-hydrogen) atoms. The normalized spacial score (nSPS) is 14.9. The molecule has 1 aliphatic heterocycles. The van der Waals surface area contributed by atoms with E-state index in [4.69, 9.17) is 33.7 Å². The molecule has 1 fully saturated rings. The summed E-state index contributed by atoms with van der Waals surface area (Å²) >= 11 is 12.8. The van der Waals surface area contributed by atoms with Crippen LogP contribution in [0.1, 0.15) is 24.1 Å². The first-order valence-electron chi connectivity index (χ1n) is 10.4. The number of aromatic nitrogens is 4. The summed E-state index contributed by atoms with van der Waals surface area (Å²) < 4.78 is 20.6. The third-order valence-corrected chi connectivity index (χ3v) is 5.94. The number of nitrogens with one attached hydrogen (secondary N) is 1. The third kappa shape index (κ3) is 4.67. The number of halogens is 3. The minimum atomic E-state index is -0.427. The van der Waals surface area contributed by atoms with Crippen LogP contribution in [0.15, 0.2) is 24.5 Å². The van der Waals surface area contributed by atoms with Crippen LogP contribution in [0.5, 0.6) is 5.75 Å². The fourth-order valence-corrected chi connectivity index (χ4v) is 4.29. The summed E-state index contributed by atoms with van der Waals surface area (Å²) in [4.78, 5) is 23.0. The molecule has 0 saturated heterocycles. The van der Waals surface area contributed by atoms with Gasteiger partial charge in [-0.2, -0.15) is 5.10 Å². The van der Waals surface area contributed by atoms with Crippen molar-refractivity contribution in [1.82, 2.24) is 30.0 Å². The first kappa shape index (κ1) is 21.7. The van der Waals surface area contributed by atoms with Crippen molar-refractivity contribution in [1.29, 1.82) is 0 Å². The highest BCUT2D eigenvalue weighted by Gasteiger charge is 2.33. The molecule has 0 atom stereocenters. The minimum Gasteiger partial charge on any atom is -0.491 e. The van der Waals surface area contributed by atoms with E-state index >= 15 is 0 Å². The molecule has 0 bridgehead atoms. The van der Waals surface area contributed by atoms with E-state index in [-0.39, 0.29) is 24.6 Å². The minimum absolute atomic E-state index is 0.0668. The zero-order valence-corrected chi connectivity index (χ0v) is 18.9. The van der Waals surface area contributed by atoms with E-state index in [1.54, 1.807) is 17.0 Å². The molecule has 5 rings (SSSR count). The van der Waals surface area contributed by atoms with E-state index in [1.165, 1.54) is 10.9 Å². The van der Waals surface area contributed by atoms with Gasteiger partial charge < -0.3 is 20.7 Å². The lowest BCUT2D eigenvalue weighted by Crippen LogP contribution is -2.37. The van der Waals surface area contributed by atoms with E-state index < -0.39 is 5.82 Å². The van der Waals surface area contributed by atoms with Crippen molar-refractivity contribution < 1.29 is 13.9 Å². The number of nitrogens with zero attached hydrogens (tertiary/aromatic N) is 5. The number of anilines is 1. The number of amides is 2. The van der Waals surface area contributed by atoms with Crippen molar-refractivity contribution in [2.24, 2.45) is 0 Å². The Kier molecular flexibility index (Phi) is 5.71. The number of hydrogen-bond donors (Lipinski definition) is 2. The SMILES string of the molecule is Nc1nc2c(c(-c3c(Cl)cc(Cl)cc3OCCn3cc(F)cn3)n1)CN(C(=O)NC1CC1)C2. The van der Waals surface area contributed by atoms with Gasteiger partial charge in [0.05, 0.1) is 54.0 Å². The molecule has 9 nitrogen and oxygen atoms in total. The zero-order valence-electron chi connectivity index (χ0n) is 17.4. The van der Waals surface area contributed by atoms with E-state index in [0.717, 1.165) is 24.6 Å². The van der Waals surface area contributed by atoms with Gasteiger partial charge in [-0.3, -0.25) is 4.68 Å². The van der Waals surface area contributed by atoms with Gasteiger partial charge in [-0.05, 0) is 25.0 Å². The molecule has 0 unspecified atom stereocenters. The summed E-state index contributed by atoms with van der Waals surface area (Å²) in [5, 5.41) is 7.59. The number of hydrogen-bond acceptors (Lipinski definition) is 6. The number of fused-ring (bicyclic) bond motifs is 1. The van der Waals surface area contributed by atoms with Crippen molar-refractivity contribution in [2.75, 3.05) is 12.3 Å². The average Bonchev–Trinajstić information content (AvgIpc) is 3.29. The van der Waals surface area contributed by atoms with Gasteiger partial charge in [0.1, 0.15) is 12.4 Å². The van der Waals surface area contributed by atoms with Crippen LogP contribution in [0.3, 0.4) is 0 Å². The fraction of sp³-hybridized carbons (Fsp3) is 0.333. The second-order valence-electron chi connectivity index (χ2n) is 7.97. The van der Waals surface area contributed by atoms with Crippen molar-refractivity contribution in [2.45, 2.75) is 38.5 Å². The molecule has 2 amide bonds. The number of urea groups is 1. The standard InChI is InChI=1S/C21H20Cl2FN7O2/c22-11-5-15(23)18(17(6-11)33-4-3-31-8-12(24)7-26-31)19-14-9-30(21(32)27-13-1-2-13)10-16(14)28-20(25)29-19/h5-8,13H,1-4,9-10H2,(H,27,32)(H2,25,28,29). The maximum Gasteiger partial charge on any atom is 0.318 e. The number of benzene rings is 1. The van der Waals surface area contributed by atoms with E-state index in [0.29, 0.717) is 52.4 Å². The lowest BCUT2D eigenvalue weighted by molar-refractivity contribution is 0.197. The molecule has 2 aromatic heterocycles. The van der Waals surface area contributed by atoms with Gasteiger partial charge in [-0.15, -0.1) is 0 Å². The topological polar surface area (TPSA) is 111 Å². The summed E-state index contributed by atoms with van der Waals surface area (Å²) in [6.07, 6.45) is 4.39. The highest BCUT2D eigenvalue weighted by molar-refractivity contribution is 6.37. The molecule has 12 heteroatoms. The number of ether oxygens (including phenoxy) is 1. The maximum atomic E-state index is 13.2. The Bertz CT molecular complexity index is 1230. The Labute approximate surface area is 198 Å². The van der Waals surface area contributed by atoms with Crippen molar-refractivity contribution in [3.63, 3.8) is 0 Å². The van der Waals surface area contributed by atoms with Gasteiger partial charge >= 0.3 is 6.03 Å². The predicted molar refractivity (Wildman–Crippen MR) is 120 cm³/mol. The molecule has 3 N–H and O–H groups in total. The lowest BCUT2D eigenvalue weighted by atomic mass is 10.0. The molecule has 3 heterocycles. The quantitative estimate of drug-likeness (QED) is 0.544. The Morgan fingerprint density at radius 3 is 2.82 bits per heavy atom. The van der Waals surface area contributed by atoms with Crippen LogP contribution >= 0.6 is 23.2 Å². The highest BCUT2D eigenvalue weighted by atomic mass is 35.5. The molecule has 1 aromatic carbocycles. The fourth-order valence-electron chi connectivity index (χ4n) is 3.72. The van der Waals surface area contributed by atoms with Crippen molar-refractivity contribution in [3.05, 3.63) is 51.6 Å². The number of rotatable bonds is 6. The monoisotopic (exact) mass is 491 g/mol. The van der Waals surface area contributed by atoms with Crippen LogP contribution in [0.2, 0.25) is 10.0 Å². The van der Waals surface area contributed by atoms with E-state index in [9.17, 15) is 9.18 Å². The molecule has 3 aromatic rings. The van der Waals surface area contributed by atoms with Crippen molar-refractivity contribution >= 4 is 35.2 Å². The van der Waals surface area contributed by atoms with Gasteiger partial charge in [0.2, 0.25) is 5.95 Å². The summed E-state index contributed by atoms with van der Waals surface area (Å²) in [7, 11) is 0. The van der Waals surface area contributed by atoms with Gasteiger partial charge in [-0.1, -0.05) is 23.2 Å². The largest absolute Gasteiger partial charge is 0.491 e. The summed E-state index contributed by atoms with van der Waals surface area (Å²) in [5.41, 5.74) is 8.39. The summed E-state index contributed by atoms with van der Waals surface area (Å²) in [6, 6.07) is 3.31. The van der Waals surface area contributed by atoms with Gasteiger partial charge in [-0.25, -0.2) is 19.2 Å². The number of carbonyl (C=O) groups is 1. The summed E-state index contributed by atoms with van der Waals surface area (Å²) in [6.45, 7) is 1.13. The average molecular weight is 492 g/mol. The zero-order chi connectivity index (χ0) is 23.1. The van der Waals surface area contributed by atoms with Gasteiger partial charge in [0, 0.05) is 16.6 Å². The summed E-state index contributed by atoms with van der Waals surface area (Å²) in [5.74, 6) is 0.0299. The Morgan fingerprint density at radius 1 is 1.27 bits per heavy atom. The lowest BCUT2D eigenvalue weighted by Gasteiger charge is -2.17. The van der Waals surface area contributed by atoms with Crippen LogP contribution in [-0.2, 0) is 19.6 Å². The van der Waals surface area contributed by atoms with Crippen LogP contribution < -0.4 is 15.8 Å². The Morgan fingerprint density at radius 2 is 2.09 bits per heavy atom. The Balaban J connectivity index is 1.45. The van der Waals surface area contributed by atoms with Gasteiger partial charge in [0.15, 0.2) is 5.82 Å². The van der Waals surface area contributed by atoms with E-state index in [2.05, 4.69) is 20.4 Å². The molecule has 0 spiro atoms. The first-order valence-corrected chi connectivity index (χ1v) is 11.1. The molecule has 1 aliphatic carbocycles. The molecule has 2 aliphatic rings. The van der Waals surface area contributed by atoms with Crippen molar-refractivity contribution in [3.8, 4) is 17.0 Å². The second-order valence-corrected chi connectivity index (χ2v) is 8.81. The van der Waals surface area contributed by atoms with E-state index in [1.807, 2.05) is 0 Å². The molecular weight excluding hydrogens is 472 g/mol. The second kappa shape index (κ2) is 8.68. The number of nitrogen functional groups attached to an aromatic ring is 1. The molecule has 172 valence electrons. The van der Waals surface area contributed by atoms with Crippen LogP contribution in [0, 0.1) is 5.82 Å². The smallest absolute Gasteiger partial charge is 0.318 e. The number of nitrogens with two attached hydrogens (primary N) is 1. The van der Waals surface area contributed by atoms with Crippen LogP contribution in [-0.4, -0.2) is 43.3 Å². The van der Waals surface area contributed by atoms with Crippen LogP contribution in [0.25, 0.3) is 11.3 Å². The third-order valence-electron chi connectivity index (χ3n) is 5.43. The molecule has 1 saturated carbocycles. The highest BCUT2D eigenvalue weighted by Crippen LogP contribution is 2.42.